The van der Waals surface area contributed by atoms with E-state index in [1.165, 1.54) is 39.7 Å². The van der Waals surface area contributed by atoms with Gasteiger partial charge in [0.05, 0.1) is 23.4 Å². The minimum atomic E-state index is -1.25. The molecule has 4 aliphatic rings. The number of aryl methyl sites for hydroxylation is 1. The molecule has 25 heteroatoms. The summed E-state index contributed by atoms with van der Waals surface area (Å²) in [4.78, 5) is 86.7. The van der Waals surface area contributed by atoms with Crippen LogP contribution >= 0.6 is 0 Å². The summed E-state index contributed by atoms with van der Waals surface area (Å²) in [7, 11) is 0. The first-order valence-electron chi connectivity index (χ1n) is 24.8. The van der Waals surface area contributed by atoms with Crippen LogP contribution in [0.25, 0.3) is 33.4 Å². The maximum Gasteiger partial charge on any atom is 0.336 e. The van der Waals surface area contributed by atoms with Gasteiger partial charge in [0.1, 0.15) is 34.9 Å². The van der Waals surface area contributed by atoms with Crippen molar-refractivity contribution in [3.05, 3.63) is 124 Å². The first-order chi connectivity index (χ1) is 37.2. The van der Waals surface area contributed by atoms with Crippen LogP contribution in [0.5, 0.6) is 11.5 Å². The number of nitrogens with one attached hydrogen (secondary N) is 1. The molecule has 0 saturated carbocycles. The number of carbonyl (C=O) groups excluding carboxylic acids is 2. The number of aliphatic hydroxyl groups excluding tert-OH is 1. The summed E-state index contributed by atoms with van der Waals surface area (Å²) in [6.45, 7) is 3.96. The Morgan fingerprint density at radius 1 is 0.688 bits per heavy atom. The molecule has 6 aromatic rings. The third-order valence-corrected chi connectivity index (χ3v) is 13.6. The molecule has 0 radical (unpaired) electrons. The Hall–Kier alpha value is -9.52. The summed E-state index contributed by atoms with van der Waals surface area (Å²) in [6, 6.07) is 18.5. The monoisotopic (exact) mass is 1050 g/mol. The number of piperazine rings is 2. The van der Waals surface area contributed by atoms with Crippen LogP contribution in [-0.4, -0.2) is 163 Å². The highest BCUT2D eigenvalue weighted by Crippen LogP contribution is 2.43. The lowest BCUT2D eigenvalue weighted by Crippen LogP contribution is -2.52. The molecule has 3 aromatic heterocycles. The lowest BCUT2D eigenvalue weighted by Gasteiger charge is -2.38. The number of carboxylic acid groups (broad SMARTS) is 2. The zero-order valence-corrected chi connectivity index (χ0v) is 41.5. The molecule has 6 N–H and O–H groups in total. The Kier molecular flexibility index (Phi) is 14.4. The number of aliphatic hydroxyl groups is 1. The van der Waals surface area contributed by atoms with Gasteiger partial charge in [-0.15, -0.1) is 10.2 Å². The number of phenolic OH excluding ortho intramolecular Hbond substituents is 2. The molecule has 396 valence electrons. The van der Waals surface area contributed by atoms with E-state index < -0.39 is 24.0 Å². The van der Waals surface area contributed by atoms with Crippen molar-refractivity contribution in [3.63, 3.8) is 0 Å². The summed E-state index contributed by atoms with van der Waals surface area (Å²) >= 11 is 0. The molecular weight excluding hydrogens is 997 g/mol. The van der Waals surface area contributed by atoms with Gasteiger partial charge in [-0.3, -0.25) is 19.2 Å². The van der Waals surface area contributed by atoms with E-state index in [1.807, 2.05) is 9.80 Å². The van der Waals surface area contributed by atoms with E-state index in [4.69, 9.17) is 24.5 Å². The standard InChI is InChI=1S/C52H52N14O11/c1-30(65-28-33(57-59-65)5-13-45(71)72)47(73)61-15-19-63(20-16-61)51-54-50(53-32-4-10-38(41(25-32)49(75)76)46-39-11-8-36(69)26-43(39)77-44-27-37(70)9-12-40(44)46)55-52(56-51)64-21-17-62(18-22-64)48(74)42(24-31-2-6-35(68)7-3-31)66-29-34(14-23-67)58-60-66/h2-4,6-12,25-30,42,67-69H,5,13-24H2,1H3,(H,71,72)(H,75,76)(H,53,54,55,56)/t30-,42-/m0/s1. The molecule has 2 fully saturated rings. The van der Waals surface area contributed by atoms with Gasteiger partial charge in [-0.2, -0.15) is 15.0 Å². The number of hydrogen-bond donors (Lipinski definition) is 6. The smallest absolute Gasteiger partial charge is 0.336 e. The number of rotatable bonds is 17. The molecule has 25 nitrogen and oxygen atoms in total. The van der Waals surface area contributed by atoms with E-state index in [1.54, 1.807) is 77.6 Å². The molecule has 2 saturated heterocycles. The highest BCUT2D eigenvalue weighted by molar-refractivity contribution is 6.08. The van der Waals surface area contributed by atoms with Crippen molar-refractivity contribution < 1.29 is 49.1 Å². The molecule has 3 aromatic carbocycles. The van der Waals surface area contributed by atoms with E-state index >= 15 is 0 Å². The fraction of sp³-hybridized carbons (Fsp3) is 0.308. The number of fused-ring (bicyclic) bond motifs is 2. The molecule has 0 spiro atoms. The minimum Gasteiger partial charge on any atom is -0.508 e. The summed E-state index contributed by atoms with van der Waals surface area (Å²) < 4.78 is 8.93. The topological polar surface area (TPSA) is 325 Å². The predicted octanol–water partition coefficient (Wildman–Crippen LogP) is 3.38. The first-order valence-corrected chi connectivity index (χ1v) is 24.8. The number of aromatic nitrogens is 9. The van der Waals surface area contributed by atoms with Crippen LogP contribution in [0.1, 0.15) is 52.7 Å². The van der Waals surface area contributed by atoms with Crippen molar-refractivity contribution in [3.8, 4) is 33.9 Å². The second-order valence-corrected chi connectivity index (χ2v) is 18.7. The fourth-order valence-electron chi connectivity index (χ4n) is 9.53. The zero-order valence-electron chi connectivity index (χ0n) is 41.5. The van der Waals surface area contributed by atoms with E-state index in [-0.39, 0.29) is 109 Å². The number of benzene rings is 4. The number of anilines is 4. The van der Waals surface area contributed by atoms with E-state index in [9.17, 15) is 44.4 Å². The fourth-order valence-corrected chi connectivity index (χ4v) is 9.53. The highest BCUT2D eigenvalue weighted by atomic mass is 16.4. The molecule has 10 rings (SSSR count). The molecule has 2 atom stereocenters. The molecule has 3 aliphatic heterocycles. The summed E-state index contributed by atoms with van der Waals surface area (Å²) in [5.74, 6) is -1.80. The van der Waals surface area contributed by atoms with Crippen molar-refractivity contribution in [2.45, 2.75) is 44.7 Å². The van der Waals surface area contributed by atoms with E-state index in [0.717, 1.165) is 5.56 Å². The molecule has 6 heterocycles. The van der Waals surface area contributed by atoms with Crippen LogP contribution in [0.15, 0.2) is 100 Å². The number of hydrogen-bond acceptors (Lipinski definition) is 19. The van der Waals surface area contributed by atoms with Crippen LogP contribution in [-0.2, 0) is 33.6 Å². The normalized spacial score (nSPS) is 14.7. The van der Waals surface area contributed by atoms with Gasteiger partial charge in [0, 0.05) is 125 Å². The van der Waals surface area contributed by atoms with Gasteiger partial charge in [0.15, 0.2) is 5.43 Å². The number of aromatic carboxylic acids is 1. The average Bonchev–Trinajstić information content (AvgIpc) is 4.16. The largest absolute Gasteiger partial charge is 0.508 e. The SMILES string of the molecule is C[C@@H](C(=O)N1CCN(c2nc(Nc3ccc(-c4c5ccc(=O)cc-5oc5cc(O)ccc45)c(C(=O)O)c3)nc(N3CCN(C(=O)[C@H](Cc4ccc(O)cc4)n4cc(CCO)nn4)CC3)n2)CC1)n1cc(CCC(=O)O)nn1. The Morgan fingerprint density at radius 2 is 1.31 bits per heavy atom. The summed E-state index contributed by atoms with van der Waals surface area (Å²) in [5, 5.41) is 69.8. The third kappa shape index (κ3) is 11.1. The lowest BCUT2D eigenvalue weighted by atomic mass is 9.90. The molecule has 0 bridgehead atoms. The predicted molar refractivity (Wildman–Crippen MR) is 276 cm³/mol. The summed E-state index contributed by atoms with van der Waals surface area (Å²) in [5.41, 5.74) is 3.18. The molecule has 1 aliphatic carbocycles. The van der Waals surface area contributed by atoms with Crippen LogP contribution < -0.4 is 20.5 Å². The quantitative estimate of drug-likeness (QED) is 0.0712. The number of carbonyl (C=O) groups is 4. The Bertz CT molecular complexity index is 3530. The maximum atomic E-state index is 14.4. The Morgan fingerprint density at radius 3 is 1.97 bits per heavy atom. The number of nitrogens with zero attached hydrogens (tertiary/aromatic N) is 13. The van der Waals surface area contributed by atoms with Gasteiger partial charge >= 0.3 is 11.9 Å². The summed E-state index contributed by atoms with van der Waals surface area (Å²) in [6.07, 6.45) is 3.81. The van der Waals surface area contributed by atoms with Crippen molar-refractivity contribution >= 4 is 58.3 Å². The van der Waals surface area contributed by atoms with Crippen molar-refractivity contribution in [2.24, 2.45) is 0 Å². The van der Waals surface area contributed by atoms with E-state index in [0.29, 0.717) is 78.4 Å². The Balaban J connectivity index is 0.929. The zero-order chi connectivity index (χ0) is 53.9. The third-order valence-electron chi connectivity index (χ3n) is 13.6. The first kappa shape index (κ1) is 51.0. The second-order valence-electron chi connectivity index (χ2n) is 18.7. The molecular formula is C52H52N14O11. The number of aromatic hydroxyl groups is 2. The van der Waals surface area contributed by atoms with Crippen LogP contribution in [0.3, 0.4) is 0 Å². The Labute approximate surface area is 437 Å². The number of phenols is 2. The van der Waals surface area contributed by atoms with Gasteiger partial charge < -0.3 is 54.9 Å². The maximum absolute atomic E-state index is 14.4. The van der Waals surface area contributed by atoms with E-state index in [2.05, 4.69) is 25.9 Å². The van der Waals surface area contributed by atoms with Crippen molar-refractivity contribution in [1.82, 2.24) is 54.7 Å². The van der Waals surface area contributed by atoms with Crippen LogP contribution in [0.4, 0.5) is 23.5 Å². The number of amides is 2. The van der Waals surface area contributed by atoms with Crippen LogP contribution in [0.2, 0.25) is 0 Å². The van der Waals surface area contributed by atoms with Gasteiger partial charge in [0.2, 0.25) is 29.7 Å². The number of aliphatic carboxylic acids is 1. The van der Waals surface area contributed by atoms with Gasteiger partial charge in [0.25, 0.3) is 0 Å². The molecule has 2 amide bonds. The second kappa shape index (κ2) is 21.7. The lowest BCUT2D eigenvalue weighted by molar-refractivity contribution is -0.137. The van der Waals surface area contributed by atoms with Gasteiger partial charge in [-0.1, -0.05) is 28.6 Å². The molecule has 0 unspecified atom stereocenters. The van der Waals surface area contributed by atoms with Crippen LogP contribution in [0, 0.1) is 0 Å². The highest BCUT2D eigenvalue weighted by Gasteiger charge is 2.33. The average molecular weight is 1050 g/mol. The van der Waals surface area contributed by atoms with Crippen molar-refractivity contribution in [2.75, 3.05) is 74.1 Å². The molecule has 77 heavy (non-hydrogen) atoms. The van der Waals surface area contributed by atoms with Crippen molar-refractivity contribution in [1.29, 1.82) is 0 Å². The van der Waals surface area contributed by atoms with Gasteiger partial charge in [-0.05, 0) is 66.6 Å². The minimum absolute atomic E-state index is 0.0799. The van der Waals surface area contributed by atoms with Gasteiger partial charge in [-0.25, -0.2) is 14.2 Å². The number of carboxylic acids is 2.